The zero-order chi connectivity index (χ0) is 28.8. The summed E-state index contributed by atoms with van der Waals surface area (Å²) in [5, 5.41) is 15.4. The lowest BCUT2D eigenvalue weighted by Crippen LogP contribution is -2.44. The molecule has 3 atom stereocenters. The maximum atomic E-state index is 13.8. The first-order valence-electron chi connectivity index (χ1n) is 13.2. The number of aryl methyl sites for hydroxylation is 2. The number of rotatable bonds is 6. The van der Waals surface area contributed by atoms with E-state index in [2.05, 4.69) is 16.4 Å². The number of carbonyl (C=O) groups is 3. The predicted octanol–water partition coefficient (Wildman–Crippen LogP) is 4.12. The first kappa shape index (κ1) is 26.3. The fraction of sp³-hybridized carbons (Fsp3) is 0.267. The van der Waals surface area contributed by atoms with Gasteiger partial charge in [-0.25, -0.2) is 14.3 Å². The number of methoxy groups -OCH3 is 1. The van der Waals surface area contributed by atoms with Crippen molar-refractivity contribution in [1.82, 2.24) is 10.0 Å². The van der Waals surface area contributed by atoms with Gasteiger partial charge in [0.2, 0.25) is 0 Å². The zero-order valence-corrected chi connectivity index (χ0v) is 22.7. The van der Waals surface area contributed by atoms with Gasteiger partial charge in [-0.2, -0.15) is 10.2 Å². The molecule has 0 aromatic heterocycles. The van der Waals surface area contributed by atoms with Crippen molar-refractivity contribution < 1.29 is 23.5 Å². The number of carbonyl (C=O) groups excluding carboxylic acids is 3. The van der Waals surface area contributed by atoms with E-state index >= 15 is 0 Å². The third-order valence-corrected chi connectivity index (χ3v) is 7.58. The van der Waals surface area contributed by atoms with E-state index < -0.39 is 41.7 Å². The molecule has 1 saturated heterocycles. The van der Waals surface area contributed by atoms with Crippen LogP contribution in [-0.4, -0.2) is 59.2 Å². The minimum Gasteiger partial charge on any atom is -0.497 e. The number of nitrogens with zero attached hydrogens (tertiary/aromatic N) is 6. The van der Waals surface area contributed by atoms with E-state index in [4.69, 9.17) is 9.84 Å². The number of imide groups is 1. The second kappa shape index (κ2) is 10.2. The van der Waals surface area contributed by atoms with Gasteiger partial charge in [0.05, 0.1) is 24.6 Å². The van der Waals surface area contributed by atoms with Crippen LogP contribution in [0.1, 0.15) is 34.7 Å². The average Bonchev–Trinajstić information content (AvgIpc) is 3.64. The van der Waals surface area contributed by atoms with Crippen molar-refractivity contribution >= 4 is 29.1 Å². The molecule has 3 aliphatic heterocycles. The van der Waals surface area contributed by atoms with Crippen molar-refractivity contribution in [2.75, 3.05) is 18.6 Å². The zero-order valence-electron chi connectivity index (χ0n) is 22.7. The summed E-state index contributed by atoms with van der Waals surface area (Å²) in [4.78, 5) is 41.0. The summed E-state index contributed by atoms with van der Waals surface area (Å²) >= 11 is 0. The molecule has 0 N–H and O–H groups in total. The van der Waals surface area contributed by atoms with Crippen LogP contribution in [0.25, 0.3) is 0 Å². The van der Waals surface area contributed by atoms with Gasteiger partial charge in [0.15, 0.2) is 12.1 Å². The van der Waals surface area contributed by atoms with E-state index in [1.54, 1.807) is 7.11 Å². The Hall–Kier alpha value is -4.93. The Morgan fingerprint density at radius 3 is 2.51 bits per heavy atom. The Labute approximate surface area is 235 Å². The smallest absolute Gasteiger partial charge is 0.264 e. The molecule has 0 radical (unpaired) electrons. The minimum atomic E-state index is -1.11. The highest BCUT2D eigenvalue weighted by Crippen LogP contribution is 2.36. The van der Waals surface area contributed by atoms with Crippen LogP contribution in [-0.2, 0) is 14.4 Å². The van der Waals surface area contributed by atoms with Crippen molar-refractivity contribution in [3.05, 3.63) is 94.8 Å². The van der Waals surface area contributed by atoms with Crippen molar-refractivity contribution in [2.45, 2.75) is 38.4 Å². The normalized spacial score (nSPS) is 21.5. The monoisotopic (exact) mass is 554 g/mol. The number of ether oxygens (including phenoxy) is 1. The van der Waals surface area contributed by atoms with Crippen LogP contribution in [0.2, 0.25) is 0 Å². The number of benzene rings is 3. The fourth-order valence-electron chi connectivity index (χ4n) is 5.56. The lowest BCUT2D eigenvalue weighted by molar-refractivity contribution is -0.135. The summed E-state index contributed by atoms with van der Waals surface area (Å²) in [5.41, 5.74) is 4.87. The van der Waals surface area contributed by atoms with Gasteiger partial charge >= 0.3 is 0 Å². The summed E-state index contributed by atoms with van der Waals surface area (Å²) in [6.07, 6.45) is 0.486. The lowest BCUT2D eigenvalue weighted by Gasteiger charge is -2.25. The molecule has 10 nitrogen and oxygen atoms in total. The number of amides is 3. The Morgan fingerprint density at radius 2 is 1.80 bits per heavy atom. The lowest BCUT2D eigenvalue weighted by atomic mass is 9.95. The van der Waals surface area contributed by atoms with Crippen LogP contribution >= 0.6 is 0 Å². The first-order chi connectivity index (χ1) is 19.7. The molecular formula is C30H27FN6O4. The molecule has 41 heavy (non-hydrogen) atoms. The largest absolute Gasteiger partial charge is 0.497 e. The minimum absolute atomic E-state index is 0.109. The Kier molecular flexibility index (Phi) is 6.56. The Bertz CT molecular complexity index is 1620. The molecule has 3 amide bonds. The van der Waals surface area contributed by atoms with E-state index in [1.807, 2.05) is 50.2 Å². The highest BCUT2D eigenvalue weighted by molar-refractivity contribution is 6.25. The number of hydrazone groups is 1. The molecule has 0 bridgehead atoms. The molecule has 0 aliphatic carbocycles. The molecule has 1 fully saturated rings. The van der Waals surface area contributed by atoms with Crippen LogP contribution in [0.3, 0.4) is 0 Å². The quantitative estimate of drug-likeness (QED) is 0.426. The predicted molar refractivity (Wildman–Crippen MR) is 148 cm³/mol. The van der Waals surface area contributed by atoms with E-state index in [1.165, 1.54) is 28.2 Å². The summed E-state index contributed by atoms with van der Waals surface area (Å²) in [6.45, 7) is 3.71. The molecular weight excluding hydrogens is 527 g/mol. The van der Waals surface area contributed by atoms with Gasteiger partial charge in [0.1, 0.15) is 18.1 Å². The Morgan fingerprint density at radius 1 is 1.02 bits per heavy atom. The maximum Gasteiger partial charge on any atom is 0.264 e. The highest BCUT2D eigenvalue weighted by Gasteiger charge is 2.55. The molecule has 0 unspecified atom stereocenters. The molecule has 11 heteroatoms. The van der Waals surface area contributed by atoms with Crippen molar-refractivity contribution in [3.8, 4) is 5.75 Å². The topological polar surface area (TPSA) is 107 Å². The van der Waals surface area contributed by atoms with Crippen LogP contribution in [0.5, 0.6) is 5.75 Å². The standard InChI is InChI=1S/C30H27FN6O4/c1-17-7-12-23(18(2)13-17)24-15-25(19-8-10-22(41-3)11-9-19)37(33-24)26(38)16-35-28-27(32-34-35)29(39)36(30(28)40)21-6-4-5-20(31)14-21/h4-14,25,27-28H,15-16H2,1-3H3/t25-,27+,28+/m1/s1. The number of hydrogen-bond donors (Lipinski definition) is 0. The van der Waals surface area contributed by atoms with Crippen molar-refractivity contribution in [3.63, 3.8) is 0 Å². The van der Waals surface area contributed by atoms with E-state index in [0.29, 0.717) is 12.2 Å². The Balaban J connectivity index is 1.28. The summed E-state index contributed by atoms with van der Waals surface area (Å²) in [5.74, 6) is -1.52. The molecule has 3 aromatic carbocycles. The van der Waals surface area contributed by atoms with Crippen molar-refractivity contribution in [1.29, 1.82) is 0 Å². The van der Waals surface area contributed by atoms with Crippen LogP contribution in [0.4, 0.5) is 10.1 Å². The third-order valence-electron chi connectivity index (χ3n) is 7.58. The molecule has 208 valence electrons. The summed E-state index contributed by atoms with van der Waals surface area (Å²) in [6, 6.07) is 16.2. The van der Waals surface area contributed by atoms with Gasteiger partial charge in [0.25, 0.3) is 17.7 Å². The van der Waals surface area contributed by atoms with Gasteiger partial charge < -0.3 is 4.74 Å². The fourth-order valence-corrected chi connectivity index (χ4v) is 5.56. The third kappa shape index (κ3) is 4.62. The van der Waals surface area contributed by atoms with Crippen molar-refractivity contribution in [2.24, 2.45) is 15.4 Å². The average molecular weight is 555 g/mol. The van der Waals surface area contributed by atoms with Gasteiger partial charge in [-0.1, -0.05) is 47.2 Å². The van der Waals surface area contributed by atoms with E-state index in [9.17, 15) is 18.8 Å². The first-order valence-corrected chi connectivity index (χ1v) is 13.2. The second-order valence-corrected chi connectivity index (χ2v) is 10.3. The van der Waals surface area contributed by atoms with Crippen LogP contribution in [0.15, 0.2) is 82.2 Å². The number of fused-ring (bicyclic) bond motifs is 1. The van der Waals surface area contributed by atoms with E-state index in [-0.39, 0.29) is 12.2 Å². The summed E-state index contributed by atoms with van der Waals surface area (Å²) < 4.78 is 19.1. The molecule has 3 aromatic rings. The summed E-state index contributed by atoms with van der Waals surface area (Å²) in [7, 11) is 1.59. The van der Waals surface area contributed by atoms with Gasteiger partial charge in [-0.05, 0) is 55.3 Å². The molecule has 6 rings (SSSR count). The van der Waals surface area contributed by atoms with E-state index in [0.717, 1.165) is 38.9 Å². The van der Waals surface area contributed by atoms with Crippen LogP contribution < -0.4 is 9.64 Å². The van der Waals surface area contributed by atoms with Gasteiger partial charge in [0, 0.05) is 12.0 Å². The highest BCUT2D eigenvalue weighted by atomic mass is 19.1. The SMILES string of the molecule is COc1ccc([C@H]2CC(c3ccc(C)cc3C)=NN2C(=O)CN2N=N[C@@H]3C(=O)N(c4cccc(F)c4)C(=O)[C@H]32)cc1. The number of anilines is 1. The van der Waals surface area contributed by atoms with Gasteiger partial charge in [-0.3, -0.25) is 19.4 Å². The number of halogens is 1. The molecule has 3 aliphatic rings. The number of hydrogen-bond acceptors (Lipinski definition) is 8. The van der Waals surface area contributed by atoms with Crippen LogP contribution in [0, 0.1) is 19.7 Å². The maximum absolute atomic E-state index is 13.8. The molecule has 0 spiro atoms. The molecule has 3 heterocycles. The van der Waals surface area contributed by atoms with Gasteiger partial charge in [-0.15, -0.1) is 0 Å². The molecule has 0 saturated carbocycles. The second-order valence-electron chi connectivity index (χ2n) is 10.3.